The molecule has 0 atom stereocenters. The van der Waals surface area contributed by atoms with Crippen LogP contribution in [0.4, 0.5) is 5.82 Å². The molecule has 0 saturated heterocycles. The molecular formula is C12H15N3O2. The van der Waals surface area contributed by atoms with E-state index in [1.807, 2.05) is 18.2 Å². The first kappa shape index (κ1) is 11.3. The Labute approximate surface area is 99.8 Å². The van der Waals surface area contributed by atoms with Crippen molar-refractivity contribution in [1.82, 2.24) is 9.78 Å². The van der Waals surface area contributed by atoms with E-state index in [1.54, 1.807) is 31.2 Å². The minimum Gasteiger partial charge on any atom is -0.497 e. The second-order valence-corrected chi connectivity index (χ2v) is 3.59. The third kappa shape index (κ3) is 2.33. The Balaban J connectivity index is 2.33. The lowest BCUT2D eigenvalue weighted by Gasteiger charge is -2.11. The van der Waals surface area contributed by atoms with Crippen LogP contribution in [0.3, 0.4) is 0 Å². The monoisotopic (exact) mass is 233 g/mol. The van der Waals surface area contributed by atoms with Crippen LogP contribution < -0.4 is 15.2 Å². The molecule has 2 rings (SSSR count). The van der Waals surface area contributed by atoms with Crippen LogP contribution in [0.25, 0.3) is 0 Å². The van der Waals surface area contributed by atoms with Crippen LogP contribution in [-0.4, -0.2) is 24.0 Å². The lowest BCUT2D eigenvalue weighted by atomic mass is 10.2. The average Bonchev–Trinajstić information content (AvgIpc) is 2.75. The number of nitrogen functional groups attached to an aromatic ring is 1. The summed E-state index contributed by atoms with van der Waals surface area (Å²) in [5.74, 6) is 2.20. The molecule has 5 nitrogen and oxygen atoms in total. The van der Waals surface area contributed by atoms with E-state index in [-0.39, 0.29) is 0 Å². The lowest BCUT2D eigenvalue weighted by molar-refractivity contribution is 0.397. The highest BCUT2D eigenvalue weighted by atomic mass is 16.5. The summed E-state index contributed by atoms with van der Waals surface area (Å²) in [5, 5.41) is 4.14. The number of hydrogen-bond donors (Lipinski definition) is 1. The highest BCUT2D eigenvalue weighted by molar-refractivity contribution is 5.41. The summed E-state index contributed by atoms with van der Waals surface area (Å²) in [6.07, 6.45) is 1.67. The van der Waals surface area contributed by atoms with Gasteiger partial charge in [0.05, 0.1) is 27.0 Å². The SMILES string of the molecule is COc1ccc(OC)c(Cn2nccc2N)c1. The predicted octanol–water partition coefficient (Wildman–Crippen LogP) is 1.53. The van der Waals surface area contributed by atoms with Crippen LogP contribution in [0.2, 0.25) is 0 Å². The largest absolute Gasteiger partial charge is 0.497 e. The van der Waals surface area contributed by atoms with E-state index >= 15 is 0 Å². The molecule has 90 valence electrons. The topological polar surface area (TPSA) is 62.3 Å². The molecule has 1 aromatic carbocycles. The number of nitrogens with two attached hydrogens (primary N) is 1. The molecule has 0 aliphatic carbocycles. The van der Waals surface area contributed by atoms with Gasteiger partial charge in [0.15, 0.2) is 0 Å². The highest BCUT2D eigenvalue weighted by Gasteiger charge is 2.07. The molecule has 0 amide bonds. The van der Waals surface area contributed by atoms with Crippen molar-refractivity contribution < 1.29 is 9.47 Å². The maximum atomic E-state index is 5.78. The van der Waals surface area contributed by atoms with E-state index in [1.165, 1.54) is 0 Å². The molecule has 0 bridgehead atoms. The number of methoxy groups -OCH3 is 2. The summed E-state index contributed by atoms with van der Waals surface area (Å²) in [4.78, 5) is 0. The van der Waals surface area contributed by atoms with Gasteiger partial charge in [0.2, 0.25) is 0 Å². The Morgan fingerprint density at radius 1 is 1.24 bits per heavy atom. The van der Waals surface area contributed by atoms with Crippen molar-refractivity contribution in [1.29, 1.82) is 0 Å². The summed E-state index contributed by atoms with van der Waals surface area (Å²) in [6, 6.07) is 7.40. The van der Waals surface area contributed by atoms with Crippen molar-refractivity contribution in [2.75, 3.05) is 20.0 Å². The highest BCUT2D eigenvalue weighted by Crippen LogP contribution is 2.25. The molecule has 0 spiro atoms. The van der Waals surface area contributed by atoms with Crippen molar-refractivity contribution in [2.24, 2.45) is 0 Å². The van der Waals surface area contributed by atoms with Crippen molar-refractivity contribution in [3.05, 3.63) is 36.0 Å². The molecule has 0 saturated carbocycles. The molecule has 0 fully saturated rings. The summed E-state index contributed by atoms with van der Waals surface area (Å²) >= 11 is 0. The first-order chi connectivity index (χ1) is 8.24. The second-order valence-electron chi connectivity index (χ2n) is 3.59. The zero-order chi connectivity index (χ0) is 12.3. The van der Waals surface area contributed by atoms with Crippen molar-refractivity contribution >= 4 is 5.82 Å². The number of rotatable bonds is 4. The summed E-state index contributed by atoms with van der Waals surface area (Å²) in [5.41, 5.74) is 6.75. The zero-order valence-corrected chi connectivity index (χ0v) is 9.88. The van der Waals surface area contributed by atoms with E-state index in [0.717, 1.165) is 17.1 Å². The van der Waals surface area contributed by atoms with Gasteiger partial charge in [-0.05, 0) is 24.3 Å². The molecule has 0 radical (unpaired) electrons. The van der Waals surface area contributed by atoms with E-state index in [0.29, 0.717) is 12.4 Å². The van der Waals surface area contributed by atoms with Gasteiger partial charge in [-0.3, -0.25) is 0 Å². The molecule has 5 heteroatoms. The maximum absolute atomic E-state index is 5.78. The Morgan fingerprint density at radius 2 is 2.06 bits per heavy atom. The Kier molecular flexibility index (Phi) is 3.18. The molecule has 1 aromatic heterocycles. The van der Waals surface area contributed by atoms with Gasteiger partial charge in [-0.1, -0.05) is 0 Å². The van der Waals surface area contributed by atoms with Crippen LogP contribution in [0.5, 0.6) is 11.5 Å². The fourth-order valence-electron chi connectivity index (χ4n) is 1.64. The lowest BCUT2D eigenvalue weighted by Crippen LogP contribution is -2.07. The Hall–Kier alpha value is -2.17. The smallest absolute Gasteiger partial charge is 0.124 e. The van der Waals surface area contributed by atoms with Gasteiger partial charge in [0.1, 0.15) is 17.3 Å². The number of nitrogens with zero attached hydrogens (tertiary/aromatic N) is 2. The fraction of sp³-hybridized carbons (Fsp3) is 0.250. The minimum atomic E-state index is 0.555. The Bertz CT molecular complexity index is 508. The average molecular weight is 233 g/mol. The van der Waals surface area contributed by atoms with Crippen LogP contribution >= 0.6 is 0 Å². The molecule has 1 heterocycles. The zero-order valence-electron chi connectivity index (χ0n) is 9.88. The molecule has 17 heavy (non-hydrogen) atoms. The van der Waals surface area contributed by atoms with Gasteiger partial charge in [-0.25, -0.2) is 4.68 Å². The maximum Gasteiger partial charge on any atom is 0.124 e. The molecule has 0 aliphatic rings. The summed E-state index contributed by atoms with van der Waals surface area (Å²) < 4.78 is 12.2. The minimum absolute atomic E-state index is 0.555. The van der Waals surface area contributed by atoms with Gasteiger partial charge in [-0.2, -0.15) is 5.10 Å². The third-order valence-electron chi connectivity index (χ3n) is 2.56. The van der Waals surface area contributed by atoms with E-state index in [9.17, 15) is 0 Å². The first-order valence-electron chi connectivity index (χ1n) is 5.23. The molecule has 2 N–H and O–H groups in total. The van der Waals surface area contributed by atoms with Gasteiger partial charge in [0, 0.05) is 5.56 Å². The second kappa shape index (κ2) is 4.78. The number of aromatic nitrogens is 2. The van der Waals surface area contributed by atoms with Crippen molar-refractivity contribution in [3.8, 4) is 11.5 Å². The predicted molar refractivity (Wildman–Crippen MR) is 65.3 cm³/mol. The first-order valence-corrected chi connectivity index (χ1v) is 5.23. The number of hydrogen-bond acceptors (Lipinski definition) is 4. The number of anilines is 1. The Morgan fingerprint density at radius 3 is 2.65 bits per heavy atom. The van der Waals surface area contributed by atoms with E-state index < -0.39 is 0 Å². The molecular weight excluding hydrogens is 218 g/mol. The normalized spacial score (nSPS) is 10.2. The standard InChI is InChI=1S/C12H15N3O2/c1-16-10-3-4-11(17-2)9(7-10)8-15-12(13)5-6-14-15/h3-7H,8,13H2,1-2H3. The van der Waals surface area contributed by atoms with E-state index in [4.69, 9.17) is 15.2 Å². The number of ether oxygens (including phenoxy) is 2. The molecule has 0 unspecified atom stereocenters. The molecule has 2 aromatic rings. The number of benzene rings is 1. The van der Waals surface area contributed by atoms with Crippen LogP contribution in [-0.2, 0) is 6.54 Å². The molecule has 0 aliphatic heterocycles. The van der Waals surface area contributed by atoms with Crippen LogP contribution in [0.1, 0.15) is 5.56 Å². The van der Waals surface area contributed by atoms with E-state index in [2.05, 4.69) is 5.10 Å². The van der Waals surface area contributed by atoms with Crippen molar-refractivity contribution in [2.45, 2.75) is 6.54 Å². The van der Waals surface area contributed by atoms with Crippen LogP contribution in [0, 0.1) is 0 Å². The van der Waals surface area contributed by atoms with Gasteiger partial charge in [-0.15, -0.1) is 0 Å². The quantitative estimate of drug-likeness (QED) is 0.870. The summed E-state index contributed by atoms with van der Waals surface area (Å²) in [6.45, 7) is 0.555. The van der Waals surface area contributed by atoms with Gasteiger partial charge in [0.25, 0.3) is 0 Å². The van der Waals surface area contributed by atoms with Crippen LogP contribution in [0.15, 0.2) is 30.5 Å². The van der Waals surface area contributed by atoms with Crippen molar-refractivity contribution in [3.63, 3.8) is 0 Å². The van der Waals surface area contributed by atoms with Gasteiger partial charge < -0.3 is 15.2 Å². The fourth-order valence-corrected chi connectivity index (χ4v) is 1.64. The van der Waals surface area contributed by atoms with Gasteiger partial charge >= 0.3 is 0 Å². The third-order valence-corrected chi connectivity index (χ3v) is 2.56. The summed E-state index contributed by atoms with van der Waals surface area (Å²) in [7, 11) is 3.27.